The largest absolute Gasteiger partial charge is 0.388 e. The highest BCUT2D eigenvalue weighted by atomic mass is 19.1. The minimum Gasteiger partial charge on any atom is -0.388 e. The Morgan fingerprint density at radius 1 is 1.43 bits per heavy atom. The van der Waals surface area contributed by atoms with Crippen LogP contribution in [-0.4, -0.2) is 33.1 Å². The number of halogens is 1. The lowest BCUT2D eigenvalue weighted by molar-refractivity contribution is 0.146. The molecule has 1 aromatic carbocycles. The molecule has 0 fully saturated rings. The summed E-state index contributed by atoms with van der Waals surface area (Å²) in [5.41, 5.74) is 1.22. The summed E-state index contributed by atoms with van der Waals surface area (Å²) in [6.07, 6.45) is 3.59. The van der Waals surface area contributed by atoms with E-state index in [0.717, 1.165) is 12.4 Å². The topological polar surface area (TPSA) is 41.3 Å². The third-order valence-electron chi connectivity index (χ3n) is 3.70. The number of hydrogen-bond donors (Lipinski definition) is 1. The number of rotatable bonds is 6. The van der Waals surface area contributed by atoms with Crippen molar-refractivity contribution in [2.45, 2.75) is 26.0 Å². The molecular formula is C16H22FN3O. The van der Waals surface area contributed by atoms with Gasteiger partial charge in [-0.1, -0.05) is 12.1 Å². The second-order valence-corrected chi connectivity index (χ2v) is 5.51. The molecule has 21 heavy (non-hydrogen) atoms. The number of imidazole rings is 1. The molecule has 114 valence electrons. The first-order valence-corrected chi connectivity index (χ1v) is 7.06. The van der Waals surface area contributed by atoms with E-state index in [1.54, 1.807) is 25.3 Å². The van der Waals surface area contributed by atoms with Crippen LogP contribution in [0.15, 0.2) is 30.6 Å². The quantitative estimate of drug-likeness (QED) is 0.888. The number of aliphatic hydroxyl groups excluding tert-OH is 1. The van der Waals surface area contributed by atoms with Crippen molar-refractivity contribution in [3.8, 4) is 0 Å². The fourth-order valence-electron chi connectivity index (χ4n) is 2.20. The first kappa shape index (κ1) is 15.7. The summed E-state index contributed by atoms with van der Waals surface area (Å²) >= 11 is 0. The lowest BCUT2D eigenvalue weighted by Gasteiger charge is -2.19. The Kier molecular flexibility index (Phi) is 5.09. The van der Waals surface area contributed by atoms with Gasteiger partial charge in [0.2, 0.25) is 0 Å². The van der Waals surface area contributed by atoms with Crippen molar-refractivity contribution in [2.24, 2.45) is 7.05 Å². The Balaban J connectivity index is 1.87. The van der Waals surface area contributed by atoms with Crippen molar-refractivity contribution < 1.29 is 9.50 Å². The summed E-state index contributed by atoms with van der Waals surface area (Å²) in [6.45, 7) is 3.15. The molecular weight excluding hydrogens is 269 g/mol. The molecule has 0 saturated heterocycles. The summed E-state index contributed by atoms with van der Waals surface area (Å²) < 4.78 is 15.5. The summed E-state index contributed by atoms with van der Waals surface area (Å²) in [5, 5.41) is 10.2. The maximum absolute atomic E-state index is 13.5. The second kappa shape index (κ2) is 6.83. The number of aryl methyl sites for hydroxylation is 2. The molecule has 0 amide bonds. The Bertz CT molecular complexity index is 597. The van der Waals surface area contributed by atoms with Gasteiger partial charge in [-0.05, 0) is 37.6 Å². The van der Waals surface area contributed by atoms with Crippen molar-refractivity contribution in [1.29, 1.82) is 0 Å². The van der Waals surface area contributed by atoms with Crippen LogP contribution in [0.3, 0.4) is 0 Å². The van der Waals surface area contributed by atoms with Gasteiger partial charge in [-0.15, -0.1) is 0 Å². The molecule has 1 N–H and O–H groups in total. The van der Waals surface area contributed by atoms with Gasteiger partial charge >= 0.3 is 0 Å². The molecule has 0 spiro atoms. The van der Waals surface area contributed by atoms with Crippen LogP contribution in [0.2, 0.25) is 0 Å². The molecule has 5 heteroatoms. The van der Waals surface area contributed by atoms with Gasteiger partial charge in [-0.25, -0.2) is 9.37 Å². The van der Waals surface area contributed by atoms with Crippen molar-refractivity contribution in [2.75, 3.05) is 13.6 Å². The van der Waals surface area contributed by atoms with Crippen LogP contribution >= 0.6 is 0 Å². The van der Waals surface area contributed by atoms with Crippen LogP contribution in [0.1, 0.15) is 29.5 Å². The third kappa shape index (κ3) is 4.12. The normalized spacial score (nSPS) is 12.9. The van der Waals surface area contributed by atoms with E-state index in [0.29, 0.717) is 24.1 Å². The molecule has 1 atom stereocenters. The van der Waals surface area contributed by atoms with E-state index < -0.39 is 6.10 Å². The van der Waals surface area contributed by atoms with Gasteiger partial charge in [0.1, 0.15) is 11.6 Å². The number of aliphatic hydroxyl groups is 1. The van der Waals surface area contributed by atoms with E-state index in [4.69, 9.17) is 0 Å². The van der Waals surface area contributed by atoms with E-state index in [9.17, 15) is 9.50 Å². The van der Waals surface area contributed by atoms with Gasteiger partial charge in [0.25, 0.3) is 0 Å². The Hall–Kier alpha value is -1.72. The maximum Gasteiger partial charge on any atom is 0.126 e. The molecule has 0 bridgehead atoms. The number of hydrogen-bond acceptors (Lipinski definition) is 3. The van der Waals surface area contributed by atoms with Gasteiger partial charge in [0.15, 0.2) is 0 Å². The van der Waals surface area contributed by atoms with Crippen molar-refractivity contribution in [1.82, 2.24) is 14.5 Å². The van der Waals surface area contributed by atoms with E-state index in [2.05, 4.69) is 9.88 Å². The summed E-state index contributed by atoms with van der Waals surface area (Å²) in [4.78, 5) is 6.36. The minimum atomic E-state index is -0.649. The molecule has 0 radical (unpaired) electrons. The first-order chi connectivity index (χ1) is 9.97. The Morgan fingerprint density at radius 2 is 2.19 bits per heavy atom. The fourth-order valence-corrected chi connectivity index (χ4v) is 2.20. The molecule has 1 heterocycles. The highest BCUT2D eigenvalue weighted by Crippen LogP contribution is 2.19. The Labute approximate surface area is 124 Å². The molecule has 0 aliphatic rings. The predicted molar refractivity (Wildman–Crippen MR) is 80.3 cm³/mol. The van der Waals surface area contributed by atoms with Crippen molar-refractivity contribution >= 4 is 0 Å². The zero-order chi connectivity index (χ0) is 15.4. The van der Waals surface area contributed by atoms with E-state index in [1.807, 2.05) is 24.9 Å². The SMILES string of the molecule is Cc1ccc(C(O)CCN(C)Cc2nccn2C)cc1F. The molecule has 4 nitrogen and oxygen atoms in total. The van der Waals surface area contributed by atoms with Gasteiger partial charge in [0.05, 0.1) is 12.6 Å². The van der Waals surface area contributed by atoms with Crippen LogP contribution in [0.5, 0.6) is 0 Å². The zero-order valence-corrected chi connectivity index (χ0v) is 12.8. The highest BCUT2D eigenvalue weighted by molar-refractivity contribution is 5.24. The fraction of sp³-hybridized carbons (Fsp3) is 0.438. The summed E-state index contributed by atoms with van der Waals surface area (Å²) in [6, 6.07) is 4.89. The van der Waals surface area contributed by atoms with Crippen LogP contribution in [-0.2, 0) is 13.6 Å². The third-order valence-corrected chi connectivity index (χ3v) is 3.70. The van der Waals surface area contributed by atoms with Crippen LogP contribution < -0.4 is 0 Å². The maximum atomic E-state index is 13.5. The van der Waals surface area contributed by atoms with Gasteiger partial charge in [0, 0.05) is 26.0 Å². The lowest BCUT2D eigenvalue weighted by Crippen LogP contribution is -2.22. The molecule has 0 saturated carbocycles. The Morgan fingerprint density at radius 3 is 2.81 bits per heavy atom. The second-order valence-electron chi connectivity index (χ2n) is 5.51. The van der Waals surface area contributed by atoms with Crippen LogP contribution in [0.4, 0.5) is 4.39 Å². The molecule has 1 aromatic heterocycles. The zero-order valence-electron chi connectivity index (χ0n) is 12.8. The molecule has 2 rings (SSSR count). The summed E-state index contributed by atoms with van der Waals surface area (Å²) in [7, 11) is 3.94. The molecule has 0 aliphatic heterocycles. The van der Waals surface area contributed by atoms with Crippen LogP contribution in [0, 0.1) is 12.7 Å². The number of benzene rings is 1. The average Bonchev–Trinajstić information content (AvgIpc) is 2.84. The van der Waals surface area contributed by atoms with Crippen molar-refractivity contribution in [3.05, 3.63) is 53.4 Å². The smallest absolute Gasteiger partial charge is 0.126 e. The van der Waals surface area contributed by atoms with Gasteiger partial charge < -0.3 is 9.67 Å². The summed E-state index contributed by atoms with van der Waals surface area (Å²) in [5.74, 6) is 0.710. The first-order valence-electron chi connectivity index (χ1n) is 7.06. The standard InChI is InChI=1S/C16H22FN3O/c1-12-4-5-13(10-14(12)17)15(21)6-8-19(2)11-16-18-7-9-20(16)3/h4-5,7,9-10,15,21H,6,8,11H2,1-3H3. The average molecular weight is 291 g/mol. The molecule has 1 unspecified atom stereocenters. The number of nitrogens with zero attached hydrogens (tertiary/aromatic N) is 3. The predicted octanol–water partition coefficient (Wildman–Crippen LogP) is 2.42. The number of aromatic nitrogens is 2. The van der Waals surface area contributed by atoms with Crippen molar-refractivity contribution in [3.63, 3.8) is 0 Å². The van der Waals surface area contributed by atoms with Gasteiger partial charge in [-0.2, -0.15) is 0 Å². The van der Waals surface area contributed by atoms with E-state index in [1.165, 1.54) is 6.07 Å². The lowest BCUT2D eigenvalue weighted by atomic mass is 10.0. The highest BCUT2D eigenvalue weighted by Gasteiger charge is 2.12. The van der Waals surface area contributed by atoms with E-state index >= 15 is 0 Å². The molecule has 0 aliphatic carbocycles. The monoisotopic (exact) mass is 291 g/mol. The minimum absolute atomic E-state index is 0.270. The van der Waals surface area contributed by atoms with E-state index in [-0.39, 0.29) is 5.82 Å². The van der Waals surface area contributed by atoms with Gasteiger partial charge in [-0.3, -0.25) is 4.90 Å². The molecule has 2 aromatic rings. The van der Waals surface area contributed by atoms with Crippen LogP contribution in [0.25, 0.3) is 0 Å².